The Labute approximate surface area is 180 Å². The summed E-state index contributed by atoms with van der Waals surface area (Å²) in [6, 6.07) is 16.3. The van der Waals surface area contributed by atoms with Crippen molar-refractivity contribution >= 4 is 22.7 Å². The molecule has 1 aliphatic rings. The van der Waals surface area contributed by atoms with Crippen LogP contribution in [0, 0.1) is 0 Å². The third-order valence-corrected chi connectivity index (χ3v) is 5.09. The molecule has 0 radical (unpaired) electrons. The van der Waals surface area contributed by atoms with Crippen molar-refractivity contribution in [1.82, 2.24) is 15.8 Å². The van der Waals surface area contributed by atoms with Crippen molar-refractivity contribution < 1.29 is 19.1 Å². The number of ether oxygens (including phenoxy) is 2. The fourth-order valence-corrected chi connectivity index (χ4v) is 3.30. The lowest BCUT2D eigenvalue weighted by molar-refractivity contribution is -0.128. The summed E-state index contributed by atoms with van der Waals surface area (Å²) >= 11 is 0. The molecule has 1 fully saturated rings. The Kier molecular flexibility index (Phi) is 6.02. The van der Waals surface area contributed by atoms with E-state index in [2.05, 4.69) is 15.8 Å². The van der Waals surface area contributed by atoms with Gasteiger partial charge in [0, 0.05) is 17.0 Å². The standard InChI is InChI=1S/C24H25N3O4/c1-3-30-17-10-12-18(13-11-17)31-15(2)23(28)26-27-24(29)20-14-22(16-8-9-16)25-21-7-5-4-6-19(20)21/h4-7,10-16H,3,8-9H2,1-2H3,(H,26,28)(H,27,29)/t15-/m1/s1. The Hall–Kier alpha value is -3.61. The number of hydrazine groups is 1. The minimum absolute atomic E-state index is 0.387. The number of carbonyl (C=O) groups excluding carboxylic acids is 2. The van der Waals surface area contributed by atoms with Gasteiger partial charge in [-0.1, -0.05) is 18.2 Å². The van der Waals surface area contributed by atoms with Gasteiger partial charge in [-0.15, -0.1) is 0 Å². The molecule has 3 aromatic rings. The van der Waals surface area contributed by atoms with Gasteiger partial charge in [0.1, 0.15) is 11.5 Å². The molecule has 2 N–H and O–H groups in total. The normalized spacial score (nSPS) is 14.0. The predicted molar refractivity (Wildman–Crippen MR) is 117 cm³/mol. The predicted octanol–water partition coefficient (Wildman–Crippen LogP) is 3.74. The number of hydrogen-bond acceptors (Lipinski definition) is 5. The van der Waals surface area contributed by atoms with Crippen molar-refractivity contribution in [2.24, 2.45) is 0 Å². The number of rotatable bonds is 7. The van der Waals surface area contributed by atoms with Gasteiger partial charge in [0.05, 0.1) is 17.7 Å². The molecule has 1 heterocycles. The summed E-state index contributed by atoms with van der Waals surface area (Å²) in [5.74, 6) is 0.833. The molecule has 1 atom stereocenters. The van der Waals surface area contributed by atoms with Crippen molar-refractivity contribution in [3.05, 3.63) is 65.9 Å². The van der Waals surface area contributed by atoms with E-state index in [4.69, 9.17) is 9.47 Å². The molecular formula is C24H25N3O4. The van der Waals surface area contributed by atoms with Crippen molar-refractivity contribution in [2.45, 2.75) is 38.7 Å². The second-order valence-electron chi connectivity index (χ2n) is 7.49. The summed E-state index contributed by atoms with van der Waals surface area (Å²) in [6.45, 7) is 4.10. The highest BCUT2D eigenvalue weighted by Gasteiger charge is 2.27. The molecule has 31 heavy (non-hydrogen) atoms. The molecular weight excluding hydrogens is 394 g/mol. The van der Waals surface area contributed by atoms with E-state index < -0.39 is 12.0 Å². The number of aromatic nitrogens is 1. The Balaban J connectivity index is 1.39. The van der Waals surface area contributed by atoms with E-state index in [9.17, 15) is 9.59 Å². The van der Waals surface area contributed by atoms with Crippen LogP contribution in [0.5, 0.6) is 11.5 Å². The molecule has 1 aliphatic carbocycles. The highest BCUT2D eigenvalue weighted by Crippen LogP contribution is 2.40. The lowest BCUT2D eigenvalue weighted by atomic mass is 10.1. The first-order valence-electron chi connectivity index (χ1n) is 10.4. The number of nitrogens with zero attached hydrogens (tertiary/aromatic N) is 1. The molecule has 0 bridgehead atoms. The number of para-hydroxylation sites is 1. The highest BCUT2D eigenvalue weighted by atomic mass is 16.5. The minimum atomic E-state index is -0.797. The van der Waals surface area contributed by atoms with E-state index in [0.29, 0.717) is 23.8 Å². The number of benzene rings is 2. The zero-order valence-electron chi connectivity index (χ0n) is 17.6. The van der Waals surface area contributed by atoms with Crippen LogP contribution in [0.25, 0.3) is 10.9 Å². The van der Waals surface area contributed by atoms with Crippen LogP contribution in [0.2, 0.25) is 0 Å². The first-order valence-corrected chi connectivity index (χ1v) is 10.4. The molecule has 1 aromatic heterocycles. The monoisotopic (exact) mass is 419 g/mol. The highest BCUT2D eigenvalue weighted by molar-refractivity contribution is 6.06. The fourth-order valence-electron chi connectivity index (χ4n) is 3.30. The molecule has 160 valence electrons. The molecule has 4 rings (SSSR count). The van der Waals surface area contributed by atoms with Gasteiger partial charge in [-0.25, -0.2) is 0 Å². The largest absolute Gasteiger partial charge is 0.494 e. The summed E-state index contributed by atoms with van der Waals surface area (Å²) < 4.78 is 11.0. The summed E-state index contributed by atoms with van der Waals surface area (Å²) in [5, 5.41) is 0.748. The number of carbonyl (C=O) groups is 2. The third-order valence-electron chi connectivity index (χ3n) is 5.09. The zero-order valence-corrected chi connectivity index (χ0v) is 17.6. The third kappa shape index (κ3) is 4.94. The molecule has 2 amide bonds. The Morgan fingerprint density at radius 3 is 2.48 bits per heavy atom. The van der Waals surface area contributed by atoms with Crippen LogP contribution >= 0.6 is 0 Å². The van der Waals surface area contributed by atoms with Gasteiger partial charge < -0.3 is 9.47 Å². The topological polar surface area (TPSA) is 89.5 Å². The van der Waals surface area contributed by atoms with Crippen LogP contribution in [0.4, 0.5) is 0 Å². The van der Waals surface area contributed by atoms with Crippen LogP contribution in [-0.2, 0) is 4.79 Å². The van der Waals surface area contributed by atoms with E-state index in [1.807, 2.05) is 37.3 Å². The first-order chi connectivity index (χ1) is 15.0. The molecule has 7 heteroatoms. The smallest absolute Gasteiger partial charge is 0.279 e. The van der Waals surface area contributed by atoms with Gasteiger partial charge in [-0.05, 0) is 63.1 Å². The van der Waals surface area contributed by atoms with Gasteiger partial charge in [-0.2, -0.15) is 0 Å². The van der Waals surface area contributed by atoms with Crippen LogP contribution in [0.1, 0.15) is 48.7 Å². The number of nitrogens with one attached hydrogen (secondary N) is 2. The summed E-state index contributed by atoms with van der Waals surface area (Å²) in [7, 11) is 0. The van der Waals surface area contributed by atoms with Crippen molar-refractivity contribution in [3.63, 3.8) is 0 Å². The molecule has 2 aromatic carbocycles. The lowest BCUT2D eigenvalue weighted by Crippen LogP contribution is -2.47. The van der Waals surface area contributed by atoms with Crippen LogP contribution in [0.15, 0.2) is 54.6 Å². The molecule has 0 spiro atoms. The van der Waals surface area contributed by atoms with Crippen molar-refractivity contribution in [3.8, 4) is 11.5 Å². The van der Waals surface area contributed by atoms with Crippen LogP contribution in [0.3, 0.4) is 0 Å². The second kappa shape index (κ2) is 9.04. The molecule has 0 aliphatic heterocycles. The number of hydrogen-bond donors (Lipinski definition) is 2. The van der Waals surface area contributed by atoms with Gasteiger partial charge in [0.15, 0.2) is 6.10 Å². The summed E-state index contributed by atoms with van der Waals surface area (Å²) in [4.78, 5) is 29.9. The number of fused-ring (bicyclic) bond motifs is 1. The van der Waals surface area contributed by atoms with Crippen LogP contribution < -0.4 is 20.3 Å². The summed E-state index contributed by atoms with van der Waals surface area (Å²) in [6.07, 6.45) is 1.38. The maximum absolute atomic E-state index is 12.8. The SMILES string of the molecule is CCOc1ccc(O[C@H](C)C(=O)NNC(=O)c2cc(C3CC3)nc3ccccc23)cc1. The Bertz CT molecular complexity index is 1090. The lowest BCUT2D eigenvalue weighted by Gasteiger charge is -2.16. The van der Waals surface area contributed by atoms with Gasteiger partial charge >= 0.3 is 0 Å². The average molecular weight is 419 g/mol. The maximum Gasteiger partial charge on any atom is 0.279 e. The van der Waals surface area contributed by atoms with Gasteiger partial charge in [-0.3, -0.25) is 25.4 Å². The average Bonchev–Trinajstić information content (AvgIpc) is 3.63. The second-order valence-corrected chi connectivity index (χ2v) is 7.49. The molecule has 7 nitrogen and oxygen atoms in total. The van der Waals surface area contributed by atoms with E-state index in [0.717, 1.165) is 35.2 Å². The molecule has 0 saturated heterocycles. The minimum Gasteiger partial charge on any atom is -0.494 e. The fraction of sp³-hybridized carbons (Fsp3) is 0.292. The van der Waals surface area contributed by atoms with Crippen molar-refractivity contribution in [1.29, 1.82) is 0 Å². The van der Waals surface area contributed by atoms with Crippen molar-refractivity contribution in [2.75, 3.05) is 6.61 Å². The van der Waals surface area contributed by atoms with Crippen LogP contribution in [-0.4, -0.2) is 29.5 Å². The maximum atomic E-state index is 12.8. The quantitative estimate of drug-likeness (QED) is 0.570. The van der Waals surface area contributed by atoms with E-state index in [-0.39, 0.29) is 5.91 Å². The van der Waals surface area contributed by atoms with E-state index in [1.54, 1.807) is 31.2 Å². The number of pyridine rings is 1. The first kappa shape index (κ1) is 20.7. The molecule has 1 saturated carbocycles. The van der Waals surface area contributed by atoms with Gasteiger partial charge in [0.2, 0.25) is 0 Å². The van der Waals surface area contributed by atoms with Gasteiger partial charge in [0.25, 0.3) is 11.8 Å². The van der Waals surface area contributed by atoms with E-state index >= 15 is 0 Å². The summed E-state index contributed by atoms with van der Waals surface area (Å²) in [5.41, 5.74) is 7.14. The molecule has 0 unspecified atom stereocenters. The van der Waals surface area contributed by atoms with E-state index in [1.165, 1.54) is 0 Å². The Morgan fingerprint density at radius 1 is 1.06 bits per heavy atom. The zero-order chi connectivity index (χ0) is 21.8. The Morgan fingerprint density at radius 2 is 1.77 bits per heavy atom. The number of amides is 2.